The average molecular weight is 533 g/mol. The fourth-order valence-electron chi connectivity index (χ4n) is 4.83. The van der Waals surface area contributed by atoms with Gasteiger partial charge >= 0.3 is 5.97 Å². The van der Waals surface area contributed by atoms with E-state index in [0.29, 0.717) is 18.3 Å². The number of fused-ring (bicyclic) bond motifs is 1. The van der Waals surface area contributed by atoms with Crippen LogP contribution in [0.2, 0.25) is 0 Å². The predicted octanol–water partition coefficient (Wildman–Crippen LogP) is 3.81. The smallest absolute Gasteiger partial charge is 0.305 e. The molecular formula is C31H36N2O6. The molecule has 0 saturated carbocycles. The van der Waals surface area contributed by atoms with Gasteiger partial charge in [0, 0.05) is 18.4 Å². The minimum Gasteiger partial charge on any atom is -0.481 e. The van der Waals surface area contributed by atoms with E-state index in [1.165, 1.54) is 0 Å². The van der Waals surface area contributed by atoms with Crippen molar-refractivity contribution < 1.29 is 29.4 Å². The molecule has 3 rings (SSSR count). The molecule has 0 saturated heterocycles. The molecule has 4 atom stereocenters. The van der Waals surface area contributed by atoms with Crippen molar-refractivity contribution in [2.24, 2.45) is 11.8 Å². The number of hydrogen-bond donors (Lipinski definition) is 4. The monoisotopic (exact) mass is 532 g/mol. The molecule has 3 aromatic carbocycles. The van der Waals surface area contributed by atoms with E-state index < -0.39 is 42.5 Å². The summed E-state index contributed by atoms with van der Waals surface area (Å²) in [7, 11) is 0. The van der Waals surface area contributed by atoms with Crippen molar-refractivity contribution in [2.45, 2.75) is 57.8 Å². The number of hydrogen-bond acceptors (Lipinski definition) is 6. The number of Topliss-reactive ketones (excluding diaryl/α,β-unsaturated/α-hetero) is 1. The van der Waals surface area contributed by atoms with Crippen molar-refractivity contribution in [1.82, 2.24) is 10.6 Å². The van der Waals surface area contributed by atoms with Crippen molar-refractivity contribution in [1.29, 1.82) is 0 Å². The fraction of sp³-hybridized carbons (Fsp3) is 0.355. The van der Waals surface area contributed by atoms with Crippen LogP contribution in [0.4, 0.5) is 0 Å². The topological polar surface area (TPSA) is 133 Å². The van der Waals surface area contributed by atoms with Gasteiger partial charge in [-0.25, -0.2) is 0 Å². The number of rotatable bonds is 15. The Balaban J connectivity index is 1.76. The molecular weight excluding hydrogens is 496 g/mol. The second kappa shape index (κ2) is 14.3. The van der Waals surface area contributed by atoms with Gasteiger partial charge in [0.15, 0.2) is 0 Å². The molecule has 1 amide bonds. The second-order valence-corrected chi connectivity index (χ2v) is 10.2. The van der Waals surface area contributed by atoms with E-state index in [1.807, 2.05) is 86.6 Å². The number of ketones is 1. The fourth-order valence-corrected chi connectivity index (χ4v) is 4.83. The first-order chi connectivity index (χ1) is 18.7. The maximum Gasteiger partial charge on any atom is 0.305 e. The van der Waals surface area contributed by atoms with Gasteiger partial charge in [-0.2, -0.15) is 0 Å². The molecule has 0 fully saturated rings. The van der Waals surface area contributed by atoms with E-state index in [4.69, 9.17) is 5.11 Å². The van der Waals surface area contributed by atoms with Crippen LogP contribution >= 0.6 is 0 Å². The molecule has 0 bridgehead atoms. The minimum absolute atomic E-state index is 0.0543. The zero-order chi connectivity index (χ0) is 28.4. The summed E-state index contributed by atoms with van der Waals surface area (Å²) in [6, 6.07) is 21.0. The minimum atomic E-state index is -1.20. The molecule has 8 heteroatoms. The average Bonchev–Trinajstić information content (AvgIpc) is 2.90. The number of carbonyl (C=O) groups is 4. The van der Waals surface area contributed by atoms with Crippen molar-refractivity contribution in [3.8, 4) is 0 Å². The molecule has 0 heterocycles. The summed E-state index contributed by atoms with van der Waals surface area (Å²) >= 11 is 0. The molecule has 3 aromatic rings. The molecule has 0 aliphatic rings. The van der Waals surface area contributed by atoms with Gasteiger partial charge in [-0.15, -0.1) is 0 Å². The standard InChI is InChI=1S/C31H36N2O6/c1-20(2)30(33-31(39)26-14-8-12-23-11-6-7-13-25(23)26)27(35)16-22(15-21-9-4-3-5-10-21)17-28(36)32-24(19-34)18-29(37)38/h3-14,19-20,22,24,30-31,33,39H,15-18H2,1-2H3,(H,32,36)(H,37,38)/t22-,24?,30?,31?/m1/s1. The number of nitrogens with one attached hydrogen (secondary N) is 2. The molecule has 0 aliphatic carbocycles. The third-order valence-corrected chi connectivity index (χ3v) is 6.71. The molecule has 0 aromatic heterocycles. The number of benzene rings is 3. The SMILES string of the molecule is CC(C)C(NC(O)c1cccc2ccccc12)C(=O)C[C@H](CC(=O)NC(C=O)CC(=O)O)Cc1ccccc1. The van der Waals surface area contributed by atoms with Gasteiger partial charge in [-0.1, -0.05) is 86.6 Å². The lowest BCUT2D eigenvalue weighted by molar-refractivity contribution is -0.138. The highest BCUT2D eigenvalue weighted by atomic mass is 16.4. The first kappa shape index (κ1) is 29.7. The van der Waals surface area contributed by atoms with Crippen LogP contribution in [0.15, 0.2) is 72.8 Å². The van der Waals surface area contributed by atoms with Crippen molar-refractivity contribution in [3.05, 3.63) is 83.9 Å². The number of carbonyl (C=O) groups excluding carboxylic acids is 3. The van der Waals surface area contributed by atoms with E-state index in [2.05, 4.69) is 10.6 Å². The Morgan fingerprint density at radius 3 is 2.21 bits per heavy atom. The van der Waals surface area contributed by atoms with E-state index in [1.54, 1.807) is 0 Å². The summed E-state index contributed by atoms with van der Waals surface area (Å²) in [6.45, 7) is 3.79. The zero-order valence-corrected chi connectivity index (χ0v) is 22.2. The third kappa shape index (κ3) is 8.84. The van der Waals surface area contributed by atoms with Crippen LogP contribution in [-0.2, 0) is 25.6 Å². The summed E-state index contributed by atoms with van der Waals surface area (Å²) in [5, 5.41) is 27.5. The molecule has 0 spiro atoms. The van der Waals surface area contributed by atoms with E-state index in [-0.39, 0.29) is 24.5 Å². The Kier molecular flexibility index (Phi) is 10.9. The molecule has 3 unspecified atom stereocenters. The van der Waals surface area contributed by atoms with E-state index in [9.17, 15) is 24.3 Å². The van der Waals surface area contributed by atoms with Gasteiger partial charge in [0.1, 0.15) is 18.3 Å². The summed E-state index contributed by atoms with van der Waals surface area (Å²) in [6.07, 6.45) is -0.735. The Morgan fingerprint density at radius 2 is 1.54 bits per heavy atom. The molecule has 4 N–H and O–H groups in total. The van der Waals surface area contributed by atoms with Crippen LogP contribution in [0.25, 0.3) is 10.8 Å². The Labute approximate surface area is 228 Å². The molecule has 8 nitrogen and oxygen atoms in total. The van der Waals surface area contributed by atoms with Crippen LogP contribution in [0.3, 0.4) is 0 Å². The second-order valence-electron chi connectivity index (χ2n) is 10.2. The number of carboxylic acids is 1. The van der Waals surface area contributed by atoms with Crippen LogP contribution in [-0.4, -0.2) is 46.2 Å². The number of aliphatic carboxylic acids is 1. The maximum atomic E-state index is 13.6. The first-order valence-electron chi connectivity index (χ1n) is 13.1. The Hall–Kier alpha value is -3.88. The highest BCUT2D eigenvalue weighted by molar-refractivity contribution is 5.87. The lowest BCUT2D eigenvalue weighted by Crippen LogP contribution is -2.44. The number of carboxylic acid groups (broad SMARTS) is 1. The number of amides is 1. The van der Waals surface area contributed by atoms with Gasteiger partial charge < -0.3 is 20.3 Å². The predicted molar refractivity (Wildman–Crippen MR) is 149 cm³/mol. The van der Waals surface area contributed by atoms with Gasteiger partial charge in [0.2, 0.25) is 5.91 Å². The van der Waals surface area contributed by atoms with Crippen LogP contribution in [0, 0.1) is 11.8 Å². The summed E-state index contributed by atoms with van der Waals surface area (Å²) in [5.41, 5.74) is 1.62. The van der Waals surface area contributed by atoms with Gasteiger partial charge in [0.25, 0.3) is 0 Å². The zero-order valence-electron chi connectivity index (χ0n) is 22.2. The lowest BCUT2D eigenvalue weighted by Gasteiger charge is -2.27. The summed E-state index contributed by atoms with van der Waals surface area (Å²) < 4.78 is 0. The quantitative estimate of drug-likeness (QED) is 0.173. The Bertz CT molecular complexity index is 1270. The first-order valence-corrected chi connectivity index (χ1v) is 13.1. The number of aldehydes is 1. The molecule has 0 radical (unpaired) electrons. The third-order valence-electron chi connectivity index (χ3n) is 6.71. The largest absolute Gasteiger partial charge is 0.481 e. The van der Waals surface area contributed by atoms with Gasteiger partial charge in [-0.3, -0.25) is 19.7 Å². The van der Waals surface area contributed by atoms with Crippen LogP contribution in [0.1, 0.15) is 50.5 Å². The van der Waals surface area contributed by atoms with Crippen molar-refractivity contribution in [2.75, 3.05) is 0 Å². The van der Waals surface area contributed by atoms with Crippen molar-refractivity contribution >= 4 is 34.7 Å². The van der Waals surface area contributed by atoms with E-state index in [0.717, 1.165) is 16.3 Å². The van der Waals surface area contributed by atoms with Crippen LogP contribution in [0.5, 0.6) is 0 Å². The number of aliphatic hydroxyl groups is 1. The van der Waals surface area contributed by atoms with Gasteiger partial charge in [-0.05, 0) is 34.6 Å². The Morgan fingerprint density at radius 1 is 0.872 bits per heavy atom. The summed E-state index contributed by atoms with van der Waals surface area (Å²) in [4.78, 5) is 48.5. The summed E-state index contributed by atoms with van der Waals surface area (Å²) in [5.74, 6) is -2.36. The molecule has 39 heavy (non-hydrogen) atoms. The van der Waals surface area contributed by atoms with Gasteiger partial charge in [0.05, 0.1) is 18.5 Å². The molecule has 206 valence electrons. The maximum absolute atomic E-state index is 13.6. The number of aliphatic hydroxyl groups excluding tert-OH is 1. The lowest BCUT2D eigenvalue weighted by atomic mass is 9.86. The normalized spacial score (nSPS) is 14.4. The molecule has 0 aliphatic heterocycles. The highest BCUT2D eigenvalue weighted by Crippen LogP contribution is 2.25. The van der Waals surface area contributed by atoms with E-state index >= 15 is 0 Å². The highest BCUT2D eigenvalue weighted by Gasteiger charge is 2.29. The van der Waals surface area contributed by atoms with Crippen molar-refractivity contribution in [3.63, 3.8) is 0 Å². The van der Waals surface area contributed by atoms with Crippen LogP contribution < -0.4 is 10.6 Å².